The van der Waals surface area contributed by atoms with Crippen LogP contribution in [0.1, 0.15) is 18.9 Å². The summed E-state index contributed by atoms with van der Waals surface area (Å²) in [5.41, 5.74) is 2.60. The molecule has 1 aliphatic heterocycles. The molecule has 0 spiro atoms. The molecule has 1 nitrogen and oxygen atoms in total. The average Bonchev–Trinajstić information content (AvgIpc) is 2.05. The molecule has 64 valence electrons. The molecule has 2 rings (SSSR count). The molecule has 0 amide bonds. The normalized spacial score (nSPS) is 21.3. The van der Waals surface area contributed by atoms with E-state index in [9.17, 15) is 0 Å². The number of rotatable bonds is 0. The van der Waals surface area contributed by atoms with Crippen molar-refractivity contribution in [1.82, 2.24) is 0 Å². The standard InChI is InChI=1S/C10H12ClN/c1-7-2-3-8-6-9(11)4-5-10(8)12-7/h4-7,12H,2-3H2,1H3. The van der Waals surface area contributed by atoms with Crippen molar-refractivity contribution in [3.8, 4) is 0 Å². The lowest BCUT2D eigenvalue weighted by Gasteiger charge is -2.23. The zero-order valence-electron chi connectivity index (χ0n) is 7.10. The maximum atomic E-state index is 5.89. The van der Waals surface area contributed by atoms with E-state index in [4.69, 9.17) is 11.6 Å². The van der Waals surface area contributed by atoms with Gasteiger partial charge in [0, 0.05) is 16.8 Å². The van der Waals surface area contributed by atoms with Gasteiger partial charge in [-0.1, -0.05) is 11.6 Å². The van der Waals surface area contributed by atoms with Crippen molar-refractivity contribution in [2.75, 3.05) is 5.32 Å². The monoisotopic (exact) mass is 181 g/mol. The minimum atomic E-state index is 0.596. The number of hydrogen-bond acceptors (Lipinski definition) is 1. The van der Waals surface area contributed by atoms with Gasteiger partial charge >= 0.3 is 0 Å². The third-order valence-electron chi connectivity index (χ3n) is 2.32. The Balaban J connectivity index is 2.37. The summed E-state index contributed by atoms with van der Waals surface area (Å²) >= 11 is 5.89. The van der Waals surface area contributed by atoms with Gasteiger partial charge in [-0.05, 0) is 43.5 Å². The van der Waals surface area contributed by atoms with Crippen LogP contribution < -0.4 is 5.32 Å². The minimum Gasteiger partial charge on any atom is -0.382 e. The van der Waals surface area contributed by atoms with Crippen molar-refractivity contribution < 1.29 is 0 Å². The van der Waals surface area contributed by atoms with Crippen LogP contribution in [0.2, 0.25) is 5.02 Å². The van der Waals surface area contributed by atoms with E-state index in [0.717, 1.165) is 11.4 Å². The Morgan fingerprint density at radius 2 is 2.33 bits per heavy atom. The van der Waals surface area contributed by atoms with Crippen molar-refractivity contribution in [3.05, 3.63) is 28.8 Å². The molecule has 0 aromatic heterocycles. The van der Waals surface area contributed by atoms with Gasteiger partial charge in [-0.2, -0.15) is 0 Å². The predicted molar refractivity (Wildman–Crippen MR) is 52.9 cm³/mol. The first-order valence-corrected chi connectivity index (χ1v) is 4.68. The highest BCUT2D eigenvalue weighted by atomic mass is 35.5. The van der Waals surface area contributed by atoms with Gasteiger partial charge < -0.3 is 5.32 Å². The van der Waals surface area contributed by atoms with Crippen LogP contribution in [0.15, 0.2) is 18.2 Å². The smallest absolute Gasteiger partial charge is 0.0410 e. The van der Waals surface area contributed by atoms with E-state index in [0.29, 0.717) is 6.04 Å². The van der Waals surface area contributed by atoms with Crippen LogP contribution in [0.4, 0.5) is 5.69 Å². The molecule has 1 aliphatic rings. The van der Waals surface area contributed by atoms with Crippen molar-refractivity contribution >= 4 is 17.3 Å². The summed E-state index contributed by atoms with van der Waals surface area (Å²) in [7, 11) is 0. The first-order valence-electron chi connectivity index (χ1n) is 4.30. The molecular formula is C10H12ClN. The van der Waals surface area contributed by atoms with Gasteiger partial charge in [0.15, 0.2) is 0 Å². The SMILES string of the molecule is CC1CCc2cc(Cl)ccc2N1. The van der Waals surface area contributed by atoms with Crippen LogP contribution in [-0.2, 0) is 6.42 Å². The van der Waals surface area contributed by atoms with Gasteiger partial charge in [0.1, 0.15) is 0 Å². The average molecular weight is 182 g/mol. The van der Waals surface area contributed by atoms with Crippen LogP contribution in [0.25, 0.3) is 0 Å². The van der Waals surface area contributed by atoms with E-state index < -0.39 is 0 Å². The molecule has 2 heteroatoms. The molecule has 1 N–H and O–H groups in total. The minimum absolute atomic E-state index is 0.596. The first-order chi connectivity index (χ1) is 5.75. The van der Waals surface area contributed by atoms with Crippen LogP contribution >= 0.6 is 11.6 Å². The summed E-state index contributed by atoms with van der Waals surface area (Å²) in [6.07, 6.45) is 2.34. The number of benzene rings is 1. The van der Waals surface area contributed by atoms with E-state index in [2.05, 4.69) is 24.4 Å². The molecule has 0 radical (unpaired) electrons. The van der Waals surface area contributed by atoms with E-state index in [1.54, 1.807) is 0 Å². The lowest BCUT2D eigenvalue weighted by Crippen LogP contribution is -2.21. The fourth-order valence-electron chi connectivity index (χ4n) is 1.62. The molecule has 1 unspecified atom stereocenters. The lowest BCUT2D eigenvalue weighted by atomic mass is 9.99. The summed E-state index contributed by atoms with van der Waals surface area (Å²) in [5.74, 6) is 0. The molecular weight excluding hydrogens is 170 g/mol. The largest absolute Gasteiger partial charge is 0.382 e. The van der Waals surface area contributed by atoms with Crippen LogP contribution in [0.3, 0.4) is 0 Å². The molecule has 1 aromatic carbocycles. The van der Waals surface area contributed by atoms with E-state index in [1.807, 2.05) is 6.07 Å². The second kappa shape index (κ2) is 2.98. The second-order valence-corrected chi connectivity index (χ2v) is 3.82. The molecule has 0 bridgehead atoms. The number of anilines is 1. The highest BCUT2D eigenvalue weighted by molar-refractivity contribution is 6.30. The second-order valence-electron chi connectivity index (χ2n) is 3.39. The topological polar surface area (TPSA) is 12.0 Å². The summed E-state index contributed by atoms with van der Waals surface area (Å²) in [5, 5.41) is 4.27. The predicted octanol–water partition coefficient (Wildman–Crippen LogP) is 3.09. The Morgan fingerprint density at radius 3 is 3.17 bits per heavy atom. The molecule has 0 saturated heterocycles. The van der Waals surface area contributed by atoms with Crippen LogP contribution in [-0.4, -0.2) is 6.04 Å². The van der Waals surface area contributed by atoms with Gasteiger partial charge in [-0.3, -0.25) is 0 Å². The quantitative estimate of drug-likeness (QED) is 0.649. The van der Waals surface area contributed by atoms with Crippen molar-refractivity contribution in [2.24, 2.45) is 0 Å². The number of nitrogens with one attached hydrogen (secondary N) is 1. The van der Waals surface area contributed by atoms with E-state index >= 15 is 0 Å². The lowest BCUT2D eigenvalue weighted by molar-refractivity contribution is 0.681. The summed E-state index contributed by atoms with van der Waals surface area (Å²) in [6, 6.07) is 6.65. The van der Waals surface area contributed by atoms with Crippen LogP contribution in [0.5, 0.6) is 0 Å². The van der Waals surface area contributed by atoms with Gasteiger partial charge in [0.2, 0.25) is 0 Å². The number of aryl methyl sites for hydroxylation is 1. The molecule has 0 aliphatic carbocycles. The Morgan fingerprint density at radius 1 is 1.50 bits per heavy atom. The van der Waals surface area contributed by atoms with Crippen molar-refractivity contribution in [3.63, 3.8) is 0 Å². The highest BCUT2D eigenvalue weighted by Crippen LogP contribution is 2.27. The fourth-order valence-corrected chi connectivity index (χ4v) is 1.81. The van der Waals surface area contributed by atoms with Gasteiger partial charge in [0.25, 0.3) is 0 Å². The van der Waals surface area contributed by atoms with E-state index in [-0.39, 0.29) is 0 Å². The molecule has 0 fully saturated rings. The number of halogens is 1. The van der Waals surface area contributed by atoms with Crippen molar-refractivity contribution in [1.29, 1.82) is 0 Å². The molecule has 1 aromatic rings. The highest BCUT2D eigenvalue weighted by Gasteiger charge is 2.13. The Bertz CT molecular complexity index is 296. The van der Waals surface area contributed by atoms with Crippen LogP contribution in [0, 0.1) is 0 Å². The maximum absolute atomic E-state index is 5.89. The number of hydrogen-bond donors (Lipinski definition) is 1. The summed E-state index contributed by atoms with van der Waals surface area (Å²) in [4.78, 5) is 0. The molecule has 12 heavy (non-hydrogen) atoms. The zero-order chi connectivity index (χ0) is 8.55. The Labute approximate surface area is 77.7 Å². The van der Waals surface area contributed by atoms with Gasteiger partial charge in [-0.15, -0.1) is 0 Å². The number of fused-ring (bicyclic) bond motifs is 1. The summed E-state index contributed by atoms with van der Waals surface area (Å²) < 4.78 is 0. The zero-order valence-corrected chi connectivity index (χ0v) is 7.86. The van der Waals surface area contributed by atoms with E-state index in [1.165, 1.54) is 17.7 Å². The van der Waals surface area contributed by atoms with Gasteiger partial charge in [-0.25, -0.2) is 0 Å². The Hall–Kier alpha value is -0.690. The third-order valence-corrected chi connectivity index (χ3v) is 2.55. The van der Waals surface area contributed by atoms with Crippen molar-refractivity contribution in [2.45, 2.75) is 25.8 Å². The van der Waals surface area contributed by atoms with Gasteiger partial charge in [0.05, 0.1) is 0 Å². The molecule has 1 heterocycles. The summed E-state index contributed by atoms with van der Waals surface area (Å²) in [6.45, 7) is 2.21. The first kappa shape index (κ1) is 7.93. The Kier molecular flexibility index (Phi) is 1.97. The fraction of sp³-hybridized carbons (Fsp3) is 0.400. The maximum Gasteiger partial charge on any atom is 0.0410 e. The molecule has 1 atom stereocenters. The third kappa shape index (κ3) is 1.42. The molecule has 0 saturated carbocycles.